The molecule has 2 rings (SSSR count). The predicted octanol–water partition coefficient (Wildman–Crippen LogP) is 5.41. The van der Waals surface area contributed by atoms with Crippen molar-refractivity contribution in [2.24, 2.45) is 0 Å². The molecule has 0 spiro atoms. The van der Waals surface area contributed by atoms with Gasteiger partial charge in [-0.15, -0.1) is 7.92 Å². The summed E-state index contributed by atoms with van der Waals surface area (Å²) in [5.74, 6) is 0. The first-order valence-corrected chi connectivity index (χ1v) is 8.63. The zero-order chi connectivity index (χ0) is 12.5. The summed E-state index contributed by atoms with van der Waals surface area (Å²) in [7, 11) is 0.294. The van der Waals surface area contributed by atoms with E-state index in [1.807, 2.05) is 0 Å². The van der Waals surface area contributed by atoms with Crippen LogP contribution in [0.3, 0.4) is 0 Å². The molecule has 0 aliphatic heterocycles. The molecule has 0 unspecified atom stereocenters. The van der Waals surface area contributed by atoms with E-state index < -0.39 is 0 Å². The Hall–Kier alpha value is 1.04. The third-order valence-corrected chi connectivity index (χ3v) is 7.77. The average Bonchev–Trinajstić information content (AvgIpc) is 2.44. The predicted molar refractivity (Wildman–Crippen MR) is 77.6 cm³/mol. The van der Waals surface area contributed by atoms with Gasteiger partial charge < -0.3 is 13.1 Å². The third-order valence-electron chi connectivity index (χ3n) is 4.35. The van der Waals surface area contributed by atoms with E-state index in [2.05, 4.69) is 6.92 Å². The van der Waals surface area contributed by atoms with E-state index in [0.29, 0.717) is 7.92 Å². The van der Waals surface area contributed by atoms with Crippen molar-refractivity contribution >= 4 is 7.92 Å². The number of rotatable bonds is 3. The summed E-state index contributed by atoms with van der Waals surface area (Å²) in [5.41, 5.74) is 2.21. The van der Waals surface area contributed by atoms with Gasteiger partial charge in [-0.05, 0) is 37.0 Å². The maximum atomic E-state index is 5.75. The van der Waals surface area contributed by atoms with E-state index in [1.54, 1.807) is 0 Å². The molecule has 17 heavy (non-hydrogen) atoms. The quantitative estimate of drug-likeness (QED) is 0.419. The fourth-order valence-corrected chi connectivity index (χ4v) is 6.87. The van der Waals surface area contributed by atoms with E-state index in [4.69, 9.17) is 0.800 Å². The van der Waals surface area contributed by atoms with Crippen LogP contribution in [-0.4, -0.2) is 18.3 Å². The second-order valence-corrected chi connectivity index (χ2v) is 8.26. The van der Waals surface area contributed by atoms with E-state index >= 15 is 0 Å². The molecule has 2 saturated carbocycles. The second kappa shape index (κ2) is 9.90. The number of hydrogen-bond acceptors (Lipinski definition) is 0. The number of nitrogens with two attached hydrogens (primary N) is 1. The molecule has 3 heteroatoms. The fraction of sp³-hybridized carbons (Fsp3) is 0.929. The molecule has 0 amide bonds. The Morgan fingerprint density at radius 2 is 1.24 bits per heavy atom. The summed E-state index contributed by atoms with van der Waals surface area (Å²) >= 11 is 1.25. The van der Waals surface area contributed by atoms with Gasteiger partial charge in [0, 0.05) is 0 Å². The van der Waals surface area contributed by atoms with E-state index in [0.717, 1.165) is 11.3 Å². The standard InChI is InChI=1S/C14H26P.Ir.H2N.H/c1-2-15(13-9-5-3-6-10-13)14-11-7-4-8-12-14;;;/h13-14H,1-12H2;;1H2;/q-1;+2;-1;/i;;;1+1. The van der Waals surface area contributed by atoms with Gasteiger partial charge in [0.1, 0.15) is 0 Å². The van der Waals surface area contributed by atoms with Gasteiger partial charge in [-0.2, -0.15) is 6.16 Å². The van der Waals surface area contributed by atoms with Crippen LogP contribution in [0.2, 0.25) is 0 Å². The summed E-state index contributed by atoms with van der Waals surface area (Å²) in [6, 6.07) is 0. The molecule has 0 saturated heterocycles. The molecule has 0 aromatic rings. The molecule has 0 atom stereocenters. The van der Waals surface area contributed by atoms with Crippen LogP contribution in [0.5, 0.6) is 0 Å². The first-order chi connectivity index (χ1) is 8.42. The zero-order valence-corrected chi connectivity index (χ0v) is 14.3. The molecule has 1 nitrogen and oxygen atoms in total. The maximum absolute atomic E-state index is 5.75. The monoisotopic (exact) mass is 436 g/mol. The second-order valence-electron chi connectivity index (χ2n) is 5.32. The molecule has 2 N–H and O–H groups in total. The third kappa shape index (κ3) is 5.27. The van der Waals surface area contributed by atoms with E-state index in [9.17, 15) is 0 Å². The van der Waals surface area contributed by atoms with Crippen molar-refractivity contribution in [3.8, 4) is 0 Å². The van der Waals surface area contributed by atoms with Crippen LogP contribution in [0.25, 0.3) is 6.15 Å². The summed E-state index contributed by atoms with van der Waals surface area (Å²) in [6.07, 6.45) is 16.5. The molecule has 2 aliphatic rings. The first-order valence-electron chi connectivity index (χ1n) is 7.30. The van der Waals surface area contributed by atoms with Crippen molar-refractivity contribution in [1.29, 1.82) is 0.800 Å². The van der Waals surface area contributed by atoms with E-state index in [-0.39, 0.29) is 6.15 Å². The zero-order valence-electron chi connectivity index (χ0n) is 12.0. The van der Waals surface area contributed by atoms with Crippen LogP contribution >= 0.6 is 7.92 Å². The SMILES string of the molecule is [2H][Ir+2].[CH2-]CP(C1CCCCC1)C1CCCCC1.[NH2-]. The van der Waals surface area contributed by atoms with Crippen LogP contribution in [0, 0.1) is 6.92 Å². The molecule has 0 radical (unpaired) electrons. The van der Waals surface area contributed by atoms with Crippen LogP contribution in [0.1, 0.15) is 64.2 Å². The van der Waals surface area contributed by atoms with Crippen LogP contribution < -0.4 is 0 Å². The smallest absolute Gasteiger partial charge is 0.0230 e. The van der Waals surface area contributed by atoms with E-state index in [1.165, 1.54) is 90.3 Å². The Bertz CT molecular complexity index is 165. The van der Waals surface area contributed by atoms with Gasteiger partial charge in [-0.1, -0.05) is 38.5 Å². The van der Waals surface area contributed by atoms with Crippen molar-refractivity contribution in [3.05, 3.63) is 13.1 Å². The van der Waals surface area contributed by atoms with Crippen molar-refractivity contribution < 1.29 is 19.9 Å². The first kappa shape index (κ1) is 16.1. The molecule has 0 aromatic carbocycles. The van der Waals surface area contributed by atoms with Crippen LogP contribution in [-0.2, 0) is 19.9 Å². The Morgan fingerprint density at radius 1 is 0.882 bits per heavy atom. The van der Waals surface area contributed by atoms with Crippen molar-refractivity contribution in [2.45, 2.75) is 75.5 Å². The maximum Gasteiger partial charge on any atom is -0.0230 e. The molecular formula is C14H29IrNP. The fourth-order valence-electron chi connectivity index (χ4n) is 3.49. The van der Waals surface area contributed by atoms with Crippen LogP contribution in [0.4, 0.5) is 0 Å². The van der Waals surface area contributed by atoms with Crippen molar-refractivity contribution in [1.82, 2.24) is 0 Å². The normalized spacial score (nSPS) is 23.4. The van der Waals surface area contributed by atoms with Gasteiger partial charge in [-0.3, -0.25) is 0 Å². The van der Waals surface area contributed by atoms with Crippen molar-refractivity contribution in [2.75, 3.05) is 6.16 Å². The molecule has 0 bridgehead atoms. The summed E-state index contributed by atoms with van der Waals surface area (Å²) in [4.78, 5) is 0. The minimum Gasteiger partial charge on any atom is -0.693 e. The van der Waals surface area contributed by atoms with Gasteiger partial charge >= 0.3 is 20.7 Å². The summed E-state index contributed by atoms with van der Waals surface area (Å²) in [6.45, 7) is 4.27. The van der Waals surface area contributed by atoms with Gasteiger partial charge in [0.05, 0.1) is 0 Å². The number of hydrogen-bond donors (Lipinski definition) is 0. The Labute approximate surface area is 123 Å². The molecule has 2 fully saturated rings. The van der Waals surface area contributed by atoms with Gasteiger partial charge in [0.15, 0.2) is 0 Å². The average molecular weight is 436 g/mol. The summed E-state index contributed by atoms with van der Waals surface area (Å²) < 4.78 is 5.75. The minimum absolute atomic E-state index is 0. The molecular weight excluding hydrogens is 405 g/mol. The Balaban J connectivity index is 0.000000917. The van der Waals surface area contributed by atoms with Gasteiger partial charge in [0.25, 0.3) is 0 Å². The Kier molecular flexibility index (Phi) is 9.38. The minimum atomic E-state index is 0. The largest absolute Gasteiger partial charge is 0.693 e. The van der Waals surface area contributed by atoms with Gasteiger partial charge in [0.2, 0.25) is 0 Å². The van der Waals surface area contributed by atoms with Gasteiger partial charge in [-0.25, -0.2) is 0 Å². The molecule has 0 aromatic heterocycles. The topological polar surface area (TPSA) is 33.5 Å². The molecule has 104 valence electrons. The molecule has 2 aliphatic carbocycles. The van der Waals surface area contributed by atoms with Crippen LogP contribution in [0.15, 0.2) is 0 Å². The Morgan fingerprint density at radius 3 is 1.53 bits per heavy atom. The van der Waals surface area contributed by atoms with Crippen molar-refractivity contribution in [3.63, 3.8) is 0 Å². The summed E-state index contributed by atoms with van der Waals surface area (Å²) in [5, 5.41) is 0. The molecule has 0 heterocycles.